The molecule has 184 valence electrons. The standard InChI is InChI=1S/C28H32N2O4S/c1-22-17-23(2)19-25(18-22)30(35(32,33)26-11-7-4-8-12-26)20-27(31)29-21-28(13-15-34-16-14-28)24-9-5-3-6-10-24/h3-12,17-19H,13-16,20-21H2,1-2H3,(H,29,31). The summed E-state index contributed by atoms with van der Waals surface area (Å²) in [5.74, 6) is -0.342. The molecule has 0 aromatic heterocycles. The van der Waals surface area contributed by atoms with Crippen LogP contribution in [0, 0.1) is 13.8 Å². The van der Waals surface area contributed by atoms with Gasteiger partial charge in [-0.3, -0.25) is 9.10 Å². The zero-order chi connectivity index (χ0) is 24.9. The Kier molecular flexibility index (Phi) is 7.57. The maximum Gasteiger partial charge on any atom is 0.264 e. The molecule has 0 radical (unpaired) electrons. The summed E-state index contributed by atoms with van der Waals surface area (Å²) in [6, 6.07) is 24.0. The zero-order valence-corrected chi connectivity index (χ0v) is 21.1. The second kappa shape index (κ2) is 10.6. The van der Waals surface area contributed by atoms with Crippen molar-refractivity contribution in [1.82, 2.24) is 5.32 Å². The van der Waals surface area contributed by atoms with E-state index in [1.807, 2.05) is 38.1 Å². The summed E-state index contributed by atoms with van der Waals surface area (Å²) in [5, 5.41) is 3.04. The average Bonchev–Trinajstić information content (AvgIpc) is 2.87. The first-order valence-electron chi connectivity index (χ1n) is 11.9. The zero-order valence-electron chi connectivity index (χ0n) is 20.2. The third kappa shape index (κ3) is 5.74. The summed E-state index contributed by atoms with van der Waals surface area (Å²) in [6.07, 6.45) is 1.58. The number of hydrogen-bond donors (Lipinski definition) is 1. The number of rotatable bonds is 8. The molecule has 0 bridgehead atoms. The minimum atomic E-state index is -3.94. The highest BCUT2D eigenvalue weighted by Gasteiger charge is 2.35. The van der Waals surface area contributed by atoms with Crippen molar-refractivity contribution in [2.75, 3.05) is 30.6 Å². The number of nitrogens with zero attached hydrogens (tertiary/aromatic N) is 1. The van der Waals surface area contributed by atoms with Gasteiger partial charge in [0.15, 0.2) is 0 Å². The van der Waals surface area contributed by atoms with E-state index in [1.165, 1.54) is 4.31 Å². The Balaban J connectivity index is 1.60. The van der Waals surface area contributed by atoms with E-state index >= 15 is 0 Å². The number of hydrogen-bond acceptors (Lipinski definition) is 4. The number of ether oxygens (including phenoxy) is 1. The molecule has 1 fully saturated rings. The minimum Gasteiger partial charge on any atom is -0.381 e. The molecular formula is C28H32N2O4S. The fraction of sp³-hybridized carbons (Fsp3) is 0.321. The van der Waals surface area contributed by atoms with E-state index in [-0.39, 0.29) is 22.8 Å². The van der Waals surface area contributed by atoms with Gasteiger partial charge in [-0.2, -0.15) is 0 Å². The van der Waals surface area contributed by atoms with E-state index in [9.17, 15) is 13.2 Å². The van der Waals surface area contributed by atoms with Crippen molar-refractivity contribution in [3.8, 4) is 0 Å². The van der Waals surface area contributed by atoms with Gasteiger partial charge in [-0.25, -0.2) is 8.42 Å². The van der Waals surface area contributed by atoms with Gasteiger partial charge in [0.1, 0.15) is 6.54 Å². The molecule has 1 heterocycles. The van der Waals surface area contributed by atoms with Gasteiger partial charge in [0.25, 0.3) is 10.0 Å². The van der Waals surface area contributed by atoms with Crippen LogP contribution in [0.1, 0.15) is 29.5 Å². The predicted molar refractivity (Wildman–Crippen MR) is 138 cm³/mol. The van der Waals surface area contributed by atoms with Crippen molar-refractivity contribution in [2.45, 2.75) is 37.0 Å². The maximum absolute atomic E-state index is 13.6. The predicted octanol–water partition coefficient (Wildman–Crippen LogP) is 4.36. The van der Waals surface area contributed by atoms with Gasteiger partial charge in [0.2, 0.25) is 5.91 Å². The van der Waals surface area contributed by atoms with E-state index in [2.05, 4.69) is 17.4 Å². The first-order chi connectivity index (χ1) is 16.8. The van der Waals surface area contributed by atoms with Crippen molar-refractivity contribution in [3.05, 3.63) is 95.6 Å². The van der Waals surface area contributed by atoms with Crippen LogP contribution in [0.5, 0.6) is 0 Å². The fourth-order valence-electron chi connectivity index (χ4n) is 4.70. The molecule has 35 heavy (non-hydrogen) atoms. The van der Waals surface area contributed by atoms with Gasteiger partial charge in [0.05, 0.1) is 10.6 Å². The van der Waals surface area contributed by atoms with Gasteiger partial charge in [-0.05, 0) is 67.6 Å². The lowest BCUT2D eigenvalue weighted by Crippen LogP contribution is -2.48. The Morgan fingerprint density at radius 3 is 2.09 bits per heavy atom. The molecule has 3 aromatic carbocycles. The van der Waals surface area contributed by atoms with E-state index in [1.54, 1.807) is 42.5 Å². The van der Waals surface area contributed by atoms with Crippen LogP contribution in [-0.4, -0.2) is 40.6 Å². The molecule has 1 aliphatic heterocycles. The van der Waals surface area contributed by atoms with Crippen LogP contribution in [-0.2, 0) is 25.0 Å². The van der Waals surface area contributed by atoms with Gasteiger partial charge >= 0.3 is 0 Å². The average molecular weight is 493 g/mol. The summed E-state index contributed by atoms with van der Waals surface area (Å²) >= 11 is 0. The molecule has 1 amide bonds. The van der Waals surface area contributed by atoms with Crippen LogP contribution >= 0.6 is 0 Å². The van der Waals surface area contributed by atoms with Crippen LogP contribution in [0.2, 0.25) is 0 Å². The summed E-state index contributed by atoms with van der Waals surface area (Å²) in [4.78, 5) is 13.4. The number of amides is 1. The SMILES string of the molecule is Cc1cc(C)cc(N(CC(=O)NCC2(c3ccccc3)CCOCC2)S(=O)(=O)c2ccccc2)c1. The van der Waals surface area contributed by atoms with Crippen LogP contribution in [0.4, 0.5) is 5.69 Å². The summed E-state index contributed by atoms with van der Waals surface area (Å²) in [7, 11) is -3.94. The molecule has 3 aromatic rings. The van der Waals surface area contributed by atoms with E-state index in [4.69, 9.17) is 4.74 Å². The third-order valence-corrected chi connectivity index (χ3v) is 8.36. The highest BCUT2D eigenvalue weighted by molar-refractivity contribution is 7.92. The smallest absolute Gasteiger partial charge is 0.264 e. The van der Waals surface area contributed by atoms with Crippen molar-refractivity contribution >= 4 is 21.6 Å². The lowest BCUT2D eigenvalue weighted by atomic mass is 9.74. The first-order valence-corrected chi connectivity index (χ1v) is 13.3. The molecule has 0 aliphatic carbocycles. The van der Waals surface area contributed by atoms with Gasteiger partial charge in [0, 0.05) is 25.2 Å². The van der Waals surface area contributed by atoms with Crippen LogP contribution in [0.3, 0.4) is 0 Å². The Morgan fingerprint density at radius 2 is 1.49 bits per heavy atom. The van der Waals surface area contributed by atoms with E-state index in [0.29, 0.717) is 25.4 Å². The second-order valence-corrected chi connectivity index (χ2v) is 11.1. The van der Waals surface area contributed by atoms with Crippen LogP contribution < -0.4 is 9.62 Å². The molecule has 1 N–H and O–H groups in total. The largest absolute Gasteiger partial charge is 0.381 e. The number of anilines is 1. The number of aryl methyl sites for hydroxylation is 2. The van der Waals surface area contributed by atoms with Crippen LogP contribution in [0.25, 0.3) is 0 Å². The number of carbonyl (C=O) groups excluding carboxylic acids is 1. The molecule has 1 saturated heterocycles. The van der Waals surface area contributed by atoms with Crippen molar-refractivity contribution in [2.24, 2.45) is 0 Å². The Morgan fingerprint density at radius 1 is 0.914 bits per heavy atom. The minimum absolute atomic E-state index is 0.150. The molecule has 0 saturated carbocycles. The van der Waals surface area contributed by atoms with E-state index in [0.717, 1.165) is 29.5 Å². The fourth-order valence-corrected chi connectivity index (χ4v) is 6.13. The molecule has 6 nitrogen and oxygen atoms in total. The summed E-state index contributed by atoms with van der Waals surface area (Å²) in [5.41, 5.74) is 3.26. The summed E-state index contributed by atoms with van der Waals surface area (Å²) in [6.45, 7) is 5.20. The molecule has 4 rings (SSSR count). The number of nitrogens with one attached hydrogen (secondary N) is 1. The Bertz CT molecular complexity index is 1230. The first kappa shape index (κ1) is 24.9. The quantitative estimate of drug-likeness (QED) is 0.507. The molecule has 7 heteroatoms. The van der Waals surface area contributed by atoms with Gasteiger partial charge < -0.3 is 10.1 Å². The second-order valence-electron chi connectivity index (χ2n) is 9.21. The third-order valence-electron chi connectivity index (χ3n) is 6.57. The topological polar surface area (TPSA) is 75.7 Å². The normalized spacial score (nSPS) is 15.4. The monoisotopic (exact) mass is 492 g/mol. The molecule has 0 spiro atoms. The summed E-state index contributed by atoms with van der Waals surface area (Å²) < 4.78 is 34.0. The number of carbonyl (C=O) groups is 1. The Hall–Kier alpha value is -3.16. The molecule has 1 aliphatic rings. The maximum atomic E-state index is 13.6. The van der Waals surface area contributed by atoms with Gasteiger partial charge in [-0.1, -0.05) is 54.6 Å². The molecule has 0 atom stereocenters. The lowest BCUT2D eigenvalue weighted by Gasteiger charge is -2.38. The van der Waals surface area contributed by atoms with Crippen molar-refractivity contribution in [1.29, 1.82) is 0 Å². The van der Waals surface area contributed by atoms with E-state index < -0.39 is 10.0 Å². The molecular weight excluding hydrogens is 460 g/mol. The molecule has 0 unspecified atom stereocenters. The van der Waals surface area contributed by atoms with Crippen molar-refractivity contribution in [3.63, 3.8) is 0 Å². The number of sulfonamides is 1. The van der Waals surface area contributed by atoms with Crippen LogP contribution in [0.15, 0.2) is 83.8 Å². The van der Waals surface area contributed by atoms with Crippen molar-refractivity contribution < 1.29 is 17.9 Å². The van der Waals surface area contributed by atoms with Gasteiger partial charge in [-0.15, -0.1) is 0 Å². The Labute approximate surface area is 208 Å². The highest BCUT2D eigenvalue weighted by atomic mass is 32.2. The number of benzene rings is 3. The highest BCUT2D eigenvalue weighted by Crippen LogP contribution is 2.34. The lowest BCUT2D eigenvalue weighted by molar-refractivity contribution is -0.120.